The molecule has 28 heavy (non-hydrogen) atoms. The van der Waals surface area contributed by atoms with Gasteiger partial charge in [-0.2, -0.15) is 0 Å². The van der Waals surface area contributed by atoms with Crippen LogP contribution in [-0.2, 0) is 4.79 Å². The van der Waals surface area contributed by atoms with Gasteiger partial charge >= 0.3 is 5.97 Å². The van der Waals surface area contributed by atoms with E-state index in [1.54, 1.807) is 29.2 Å². The van der Waals surface area contributed by atoms with Gasteiger partial charge in [-0.15, -0.1) is 0 Å². The fraction of sp³-hybridized carbons (Fsp3) is 0.250. The third kappa shape index (κ3) is 3.75. The van der Waals surface area contributed by atoms with Gasteiger partial charge < -0.3 is 24.8 Å². The number of methoxy groups -OCH3 is 2. The van der Waals surface area contributed by atoms with Crippen LogP contribution in [0.3, 0.4) is 0 Å². The minimum Gasteiger partial charge on any atom is -0.493 e. The smallest absolute Gasteiger partial charge is 0.335 e. The summed E-state index contributed by atoms with van der Waals surface area (Å²) < 4.78 is 10.4. The number of benzene rings is 2. The zero-order valence-electron chi connectivity index (χ0n) is 15.5. The second-order valence-electron chi connectivity index (χ2n) is 6.21. The summed E-state index contributed by atoms with van der Waals surface area (Å²) >= 11 is 0. The summed E-state index contributed by atoms with van der Waals surface area (Å²) in [7, 11) is 2.78. The number of carboxylic acid groups (broad SMARTS) is 1. The Labute approximate surface area is 161 Å². The van der Waals surface area contributed by atoms with Gasteiger partial charge in [-0.25, -0.2) is 4.79 Å². The fourth-order valence-electron chi connectivity index (χ4n) is 3.09. The highest BCUT2D eigenvalue weighted by Crippen LogP contribution is 2.37. The monoisotopic (exact) mass is 384 g/mol. The predicted molar refractivity (Wildman–Crippen MR) is 102 cm³/mol. The lowest BCUT2D eigenvalue weighted by molar-refractivity contribution is -0.117. The van der Waals surface area contributed by atoms with Crippen molar-refractivity contribution in [3.05, 3.63) is 47.5 Å². The highest BCUT2D eigenvalue weighted by molar-refractivity contribution is 6.06. The first-order valence-electron chi connectivity index (χ1n) is 8.65. The number of nitrogens with one attached hydrogen (secondary N) is 1. The van der Waals surface area contributed by atoms with Crippen molar-refractivity contribution in [1.29, 1.82) is 0 Å². The van der Waals surface area contributed by atoms with Crippen molar-refractivity contribution in [2.75, 3.05) is 31.0 Å². The van der Waals surface area contributed by atoms with Crippen LogP contribution in [-0.4, -0.2) is 43.7 Å². The zero-order valence-corrected chi connectivity index (χ0v) is 15.5. The van der Waals surface area contributed by atoms with E-state index in [9.17, 15) is 19.5 Å². The number of carbonyl (C=O) groups is 3. The molecule has 0 saturated carbocycles. The van der Waals surface area contributed by atoms with Crippen molar-refractivity contribution in [1.82, 2.24) is 0 Å². The van der Waals surface area contributed by atoms with Gasteiger partial charge in [0.05, 0.1) is 25.5 Å². The molecule has 2 amide bonds. The minimum absolute atomic E-state index is 0.0455. The van der Waals surface area contributed by atoms with E-state index in [-0.39, 0.29) is 28.7 Å². The Balaban J connectivity index is 1.85. The lowest BCUT2D eigenvalue weighted by atomic mass is 10.1. The number of carbonyl (C=O) groups excluding carboxylic acids is 2. The number of hydrogen-bond acceptors (Lipinski definition) is 5. The minimum atomic E-state index is -1.16. The van der Waals surface area contributed by atoms with Crippen LogP contribution in [0.1, 0.15) is 33.6 Å². The van der Waals surface area contributed by atoms with Crippen molar-refractivity contribution in [3.8, 4) is 11.5 Å². The molecular weight excluding hydrogens is 364 g/mol. The van der Waals surface area contributed by atoms with Crippen LogP contribution in [0, 0.1) is 0 Å². The van der Waals surface area contributed by atoms with E-state index in [1.807, 2.05) is 0 Å². The van der Waals surface area contributed by atoms with Crippen LogP contribution in [0.2, 0.25) is 0 Å². The quantitative estimate of drug-likeness (QED) is 0.793. The predicted octanol–water partition coefficient (Wildman–Crippen LogP) is 2.78. The number of hydrogen-bond donors (Lipinski definition) is 2. The van der Waals surface area contributed by atoms with Gasteiger partial charge in [0.25, 0.3) is 5.91 Å². The largest absolute Gasteiger partial charge is 0.493 e. The Morgan fingerprint density at radius 3 is 2.32 bits per heavy atom. The highest BCUT2D eigenvalue weighted by Gasteiger charge is 2.22. The topological polar surface area (TPSA) is 105 Å². The fourth-order valence-corrected chi connectivity index (χ4v) is 3.09. The number of carboxylic acids is 1. The number of nitrogens with zero attached hydrogens (tertiary/aromatic N) is 1. The molecule has 2 N–H and O–H groups in total. The molecule has 0 spiro atoms. The molecule has 8 heteroatoms. The van der Waals surface area contributed by atoms with Crippen LogP contribution in [0.5, 0.6) is 11.5 Å². The zero-order chi connectivity index (χ0) is 20.3. The maximum absolute atomic E-state index is 12.6. The van der Waals surface area contributed by atoms with Crippen molar-refractivity contribution < 1.29 is 29.0 Å². The van der Waals surface area contributed by atoms with Crippen LogP contribution in [0.25, 0.3) is 0 Å². The van der Waals surface area contributed by atoms with Crippen molar-refractivity contribution in [3.63, 3.8) is 0 Å². The molecule has 0 aromatic heterocycles. The molecule has 0 radical (unpaired) electrons. The van der Waals surface area contributed by atoms with E-state index < -0.39 is 11.9 Å². The molecule has 3 rings (SSSR count). The normalized spacial score (nSPS) is 13.4. The van der Waals surface area contributed by atoms with Crippen LogP contribution >= 0.6 is 0 Å². The second-order valence-corrected chi connectivity index (χ2v) is 6.21. The molecule has 8 nitrogen and oxygen atoms in total. The maximum Gasteiger partial charge on any atom is 0.335 e. The van der Waals surface area contributed by atoms with Crippen molar-refractivity contribution in [2.45, 2.75) is 12.8 Å². The van der Waals surface area contributed by atoms with Gasteiger partial charge in [0.2, 0.25) is 5.91 Å². The van der Waals surface area contributed by atoms with Gasteiger partial charge in [0.15, 0.2) is 11.5 Å². The van der Waals surface area contributed by atoms with E-state index in [2.05, 4.69) is 5.32 Å². The maximum atomic E-state index is 12.6. The number of aromatic carboxylic acids is 1. The Kier molecular flexibility index (Phi) is 5.49. The Bertz CT molecular complexity index is 923. The molecule has 2 aromatic rings. The average molecular weight is 384 g/mol. The Hall–Kier alpha value is -3.55. The van der Waals surface area contributed by atoms with Crippen LogP contribution < -0.4 is 19.7 Å². The summed E-state index contributed by atoms with van der Waals surface area (Å²) in [6, 6.07) is 9.27. The molecule has 2 aromatic carbocycles. The van der Waals surface area contributed by atoms with E-state index >= 15 is 0 Å². The third-order valence-corrected chi connectivity index (χ3v) is 4.49. The van der Waals surface area contributed by atoms with Crippen molar-refractivity contribution >= 4 is 29.2 Å². The summed E-state index contributed by atoms with van der Waals surface area (Å²) in [5.74, 6) is -1.11. The van der Waals surface area contributed by atoms with Gasteiger partial charge in [-0.1, -0.05) is 0 Å². The van der Waals surface area contributed by atoms with Crippen LogP contribution in [0.15, 0.2) is 36.4 Å². The van der Waals surface area contributed by atoms with Gasteiger partial charge in [-0.3, -0.25) is 9.59 Å². The molecule has 146 valence electrons. The van der Waals surface area contributed by atoms with E-state index in [4.69, 9.17) is 9.47 Å². The first kappa shape index (κ1) is 19.2. The molecule has 1 fully saturated rings. The van der Waals surface area contributed by atoms with Crippen LogP contribution in [0.4, 0.5) is 11.4 Å². The molecule has 1 aliphatic heterocycles. The molecule has 0 atom stereocenters. The molecule has 0 unspecified atom stereocenters. The Morgan fingerprint density at radius 2 is 1.79 bits per heavy atom. The first-order chi connectivity index (χ1) is 13.4. The summed E-state index contributed by atoms with van der Waals surface area (Å²) in [5.41, 5.74) is 1.24. The van der Waals surface area contributed by atoms with Gasteiger partial charge in [0.1, 0.15) is 0 Å². The second kappa shape index (κ2) is 7.99. The molecular formula is C20H20N2O6. The molecule has 1 aliphatic rings. The lowest BCUT2D eigenvalue weighted by Gasteiger charge is -2.17. The van der Waals surface area contributed by atoms with Gasteiger partial charge in [-0.05, 0) is 42.8 Å². The number of anilines is 2. The highest BCUT2D eigenvalue weighted by atomic mass is 16.5. The van der Waals surface area contributed by atoms with E-state index in [1.165, 1.54) is 26.4 Å². The molecule has 0 aliphatic carbocycles. The SMILES string of the molecule is COc1cc(C(=O)O)cc(NC(=O)c2ccc(N3CCCC3=O)cc2)c1OC. The molecule has 1 saturated heterocycles. The molecule has 1 heterocycles. The van der Waals surface area contributed by atoms with E-state index in [0.29, 0.717) is 18.5 Å². The third-order valence-electron chi connectivity index (χ3n) is 4.49. The van der Waals surface area contributed by atoms with E-state index in [0.717, 1.165) is 12.1 Å². The molecule has 0 bridgehead atoms. The average Bonchev–Trinajstić information content (AvgIpc) is 3.13. The first-order valence-corrected chi connectivity index (χ1v) is 8.65. The summed E-state index contributed by atoms with van der Waals surface area (Å²) in [4.78, 5) is 37.5. The summed E-state index contributed by atoms with van der Waals surface area (Å²) in [6.07, 6.45) is 1.35. The van der Waals surface area contributed by atoms with Crippen molar-refractivity contribution in [2.24, 2.45) is 0 Å². The number of rotatable bonds is 6. The number of ether oxygens (including phenoxy) is 2. The lowest BCUT2D eigenvalue weighted by Crippen LogP contribution is -2.23. The number of amides is 2. The van der Waals surface area contributed by atoms with Gasteiger partial charge in [0, 0.05) is 24.2 Å². The summed E-state index contributed by atoms with van der Waals surface area (Å²) in [5, 5.41) is 11.9. The summed E-state index contributed by atoms with van der Waals surface area (Å²) in [6.45, 7) is 0.670. The standard InChI is InChI=1S/C20H20N2O6/c1-27-16-11-13(20(25)26)10-15(18(16)28-2)21-19(24)12-5-7-14(8-6-12)22-9-3-4-17(22)23/h5-8,10-11H,3-4,9H2,1-2H3,(H,21,24)(H,25,26). The Morgan fingerprint density at radius 1 is 1.07 bits per heavy atom.